The summed E-state index contributed by atoms with van der Waals surface area (Å²) in [5.41, 5.74) is 1.37. The number of nitrogens with zero attached hydrogens (tertiary/aromatic N) is 2. The van der Waals surface area contributed by atoms with Crippen LogP contribution in [0.15, 0.2) is 28.7 Å². The molecule has 1 spiro atoms. The Labute approximate surface area is 172 Å². The Bertz CT molecular complexity index is 617. The van der Waals surface area contributed by atoms with Gasteiger partial charge in [-0.25, -0.2) is 0 Å². The quantitative estimate of drug-likeness (QED) is 0.625. The number of amides is 1. The zero-order chi connectivity index (χ0) is 19.3. The predicted molar refractivity (Wildman–Crippen MR) is 113 cm³/mol. The first-order valence-electron chi connectivity index (χ1n) is 10.5. The van der Waals surface area contributed by atoms with E-state index in [1.54, 1.807) is 0 Å². The number of piperidine rings is 1. The summed E-state index contributed by atoms with van der Waals surface area (Å²) in [6, 6.07) is 8.62. The zero-order valence-electron chi connectivity index (χ0n) is 16.8. The average Bonchev–Trinajstić information content (AvgIpc) is 3.05. The van der Waals surface area contributed by atoms with E-state index in [2.05, 4.69) is 45.1 Å². The molecule has 2 heterocycles. The highest BCUT2D eigenvalue weighted by atomic mass is 79.9. The normalized spacial score (nSPS) is 25.8. The van der Waals surface area contributed by atoms with E-state index in [4.69, 9.17) is 4.74 Å². The molecule has 2 atom stereocenters. The summed E-state index contributed by atoms with van der Waals surface area (Å²) < 4.78 is 7.68. The fourth-order valence-electron chi connectivity index (χ4n) is 4.59. The first kappa shape index (κ1) is 20.8. The third-order valence-electron chi connectivity index (χ3n) is 6.07. The van der Waals surface area contributed by atoms with Crippen molar-refractivity contribution >= 4 is 21.8 Å². The maximum Gasteiger partial charge on any atom is 0.222 e. The number of carbonyl (C=O) groups is 1. The minimum absolute atomic E-state index is 0.0104. The number of ether oxygens (including phenoxy) is 1. The summed E-state index contributed by atoms with van der Waals surface area (Å²) in [7, 11) is 0. The average molecular weight is 437 g/mol. The molecule has 5 heteroatoms. The van der Waals surface area contributed by atoms with Crippen LogP contribution in [0.5, 0.6) is 0 Å². The van der Waals surface area contributed by atoms with Crippen molar-refractivity contribution in [3.05, 3.63) is 34.3 Å². The van der Waals surface area contributed by atoms with Crippen LogP contribution in [0.3, 0.4) is 0 Å². The molecular weight excluding hydrogens is 404 g/mol. The number of hydrogen-bond donors (Lipinski definition) is 0. The fraction of sp³-hybridized carbons (Fsp3) is 0.682. The monoisotopic (exact) mass is 436 g/mol. The summed E-state index contributed by atoms with van der Waals surface area (Å²) in [6.45, 7) is 8.85. The summed E-state index contributed by atoms with van der Waals surface area (Å²) in [5.74, 6) is 0.269. The zero-order valence-corrected chi connectivity index (χ0v) is 18.3. The standard InChI is InChI=1S/C22H33BrN2O2/c1-3-25(4-2)21(26)11-10-20-12-14-22(27-20)13-5-15-24(17-22)16-18-6-8-19(23)9-7-18/h6-9,20H,3-5,10-17H2,1-2H3/t20-,22-/m0/s1. The molecule has 3 rings (SSSR count). The number of rotatable bonds is 7. The second kappa shape index (κ2) is 9.53. The third kappa shape index (κ3) is 5.55. The van der Waals surface area contributed by atoms with Crippen molar-refractivity contribution in [3.63, 3.8) is 0 Å². The smallest absolute Gasteiger partial charge is 0.222 e. The lowest BCUT2D eigenvalue weighted by Gasteiger charge is -2.40. The van der Waals surface area contributed by atoms with Gasteiger partial charge in [-0.15, -0.1) is 0 Å². The lowest BCUT2D eigenvalue weighted by atomic mass is 9.89. The molecule has 0 aliphatic carbocycles. The van der Waals surface area contributed by atoms with Crippen molar-refractivity contribution in [2.45, 2.75) is 70.6 Å². The molecule has 2 saturated heterocycles. The molecule has 4 nitrogen and oxygen atoms in total. The minimum atomic E-state index is 0.0104. The molecule has 150 valence electrons. The van der Waals surface area contributed by atoms with Crippen molar-refractivity contribution < 1.29 is 9.53 Å². The molecule has 1 aromatic carbocycles. The largest absolute Gasteiger partial charge is 0.370 e. The number of carbonyl (C=O) groups excluding carboxylic acids is 1. The molecule has 27 heavy (non-hydrogen) atoms. The van der Waals surface area contributed by atoms with Crippen LogP contribution in [0.1, 0.15) is 57.9 Å². The van der Waals surface area contributed by atoms with E-state index in [0.717, 1.165) is 62.9 Å². The Hall–Kier alpha value is -0.910. The highest BCUT2D eigenvalue weighted by Crippen LogP contribution is 2.39. The Morgan fingerprint density at radius 1 is 1.26 bits per heavy atom. The van der Waals surface area contributed by atoms with E-state index in [1.807, 2.05) is 18.7 Å². The topological polar surface area (TPSA) is 32.8 Å². The molecule has 0 bridgehead atoms. The molecule has 1 amide bonds. The first-order chi connectivity index (χ1) is 13.0. The van der Waals surface area contributed by atoms with Crippen LogP contribution < -0.4 is 0 Å². The molecule has 2 fully saturated rings. The first-order valence-corrected chi connectivity index (χ1v) is 11.3. The Balaban J connectivity index is 1.50. The third-order valence-corrected chi connectivity index (χ3v) is 6.60. The van der Waals surface area contributed by atoms with Crippen LogP contribution in [-0.2, 0) is 16.1 Å². The van der Waals surface area contributed by atoms with E-state index < -0.39 is 0 Å². The summed E-state index contributed by atoms with van der Waals surface area (Å²) in [5, 5.41) is 0. The second-order valence-electron chi connectivity index (χ2n) is 8.01. The van der Waals surface area contributed by atoms with Gasteiger partial charge >= 0.3 is 0 Å². The van der Waals surface area contributed by atoms with Crippen LogP contribution in [0, 0.1) is 0 Å². The van der Waals surface area contributed by atoms with Crippen LogP contribution in [0.4, 0.5) is 0 Å². The van der Waals surface area contributed by atoms with Gasteiger partial charge in [0, 0.05) is 37.1 Å². The van der Waals surface area contributed by atoms with Crippen molar-refractivity contribution in [1.29, 1.82) is 0 Å². The molecule has 0 N–H and O–H groups in total. The van der Waals surface area contributed by atoms with Crippen LogP contribution in [0.25, 0.3) is 0 Å². The number of likely N-dealkylation sites (tertiary alicyclic amines) is 1. The van der Waals surface area contributed by atoms with Crippen LogP contribution in [-0.4, -0.2) is 53.6 Å². The number of benzene rings is 1. The molecule has 0 saturated carbocycles. The highest BCUT2D eigenvalue weighted by molar-refractivity contribution is 9.10. The number of hydrogen-bond acceptors (Lipinski definition) is 3. The van der Waals surface area contributed by atoms with E-state index in [-0.39, 0.29) is 17.6 Å². The maximum atomic E-state index is 12.3. The molecule has 2 aliphatic heterocycles. The van der Waals surface area contributed by atoms with Gasteiger partial charge in [0.1, 0.15) is 0 Å². The van der Waals surface area contributed by atoms with Gasteiger partial charge in [0.05, 0.1) is 11.7 Å². The molecular formula is C22H33BrN2O2. The van der Waals surface area contributed by atoms with E-state index in [1.165, 1.54) is 12.0 Å². The van der Waals surface area contributed by atoms with Gasteiger partial charge in [0.2, 0.25) is 5.91 Å². The van der Waals surface area contributed by atoms with Gasteiger partial charge in [-0.1, -0.05) is 28.1 Å². The molecule has 0 aromatic heterocycles. The second-order valence-corrected chi connectivity index (χ2v) is 8.92. The van der Waals surface area contributed by atoms with Gasteiger partial charge < -0.3 is 9.64 Å². The van der Waals surface area contributed by atoms with Crippen molar-refractivity contribution in [2.75, 3.05) is 26.2 Å². The Kier molecular flexibility index (Phi) is 7.35. The van der Waals surface area contributed by atoms with Gasteiger partial charge in [0.15, 0.2) is 0 Å². The van der Waals surface area contributed by atoms with E-state index in [0.29, 0.717) is 6.42 Å². The van der Waals surface area contributed by atoms with Crippen molar-refractivity contribution in [1.82, 2.24) is 9.80 Å². The van der Waals surface area contributed by atoms with Crippen LogP contribution >= 0.6 is 15.9 Å². The SMILES string of the molecule is CCN(CC)C(=O)CC[C@H]1CC[C@]2(CCCN(Cc3ccc(Br)cc3)C2)O1. The van der Waals surface area contributed by atoms with Gasteiger partial charge in [-0.3, -0.25) is 9.69 Å². The van der Waals surface area contributed by atoms with Gasteiger partial charge in [-0.2, -0.15) is 0 Å². The molecule has 2 aliphatic rings. The van der Waals surface area contributed by atoms with E-state index in [9.17, 15) is 4.79 Å². The van der Waals surface area contributed by atoms with E-state index >= 15 is 0 Å². The van der Waals surface area contributed by atoms with Gasteiger partial charge in [-0.05, 0) is 70.2 Å². The maximum absolute atomic E-state index is 12.3. The highest BCUT2D eigenvalue weighted by Gasteiger charge is 2.43. The lowest BCUT2D eigenvalue weighted by Crippen LogP contribution is -2.47. The molecule has 1 aromatic rings. The summed E-state index contributed by atoms with van der Waals surface area (Å²) in [4.78, 5) is 16.7. The Morgan fingerprint density at radius 2 is 2.00 bits per heavy atom. The molecule has 0 unspecified atom stereocenters. The fourth-order valence-corrected chi connectivity index (χ4v) is 4.86. The summed E-state index contributed by atoms with van der Waals surface area (Å²) in [6.07, 6.45) is 6.31. The van der Waals surface area contributed by atoms with Crippen molar-refractivity contribution in [2.24, 2.45) is 0 Å². The minimum Gasteiger partial charge on any atom is -0.370 e. The lowest BCUT2D eigenvalue weighted by molar-refractivity contribution is -0.132. The van der Waals surface area contributed by atoms with Crippen molar-refractivity contribution in [3.8, 4) is 0 Å². The number of halogens is 1. The predicted octanol–water partition coefficient (Wildman–Crippen LogP) is 4.61. The summed E-state index contributed by atoms with van der Waals surface area (Å²) >= 11 is 3.51. The van der Waals surface area contributed by atoms with Crippen LogP contribution in [0.2, 0.25) is 0 Å². The van der Waals surface area contributed by atoms with Gasteiger partial charge in [0.25, 0.3) is 0 Å². The molecule has 0 radical (unpaired) electrons. The Morgan fingerprint density at radius 3 is 2.70 bits per heavy atom.